The summed E-state index contributed by atoms with van der Waals surface area (Å²) in [4.78, 5) is 8.96. The fourth-order valence-corrected chi connectivity index (χ4v) is 4.55. The van der Waals surface area contributed by atoms with Crippen molar-refractivity contribution in [2.24, 2.45) is 5.73 Å². The zero-order chi connectivity index (χ0) is 18.9. The summed E-state index contributed by atoms with van der Waals surface area (Å²) >= 11 is 1.72. The Hall–Kier alpha value is -2.67. The summed E-state index contributed by atoms with van der Waals surface area (Å²) < 4.78 is 12.0. The Bertz CT molecular complexity index is 1090. The highest BCUT2D eigenvalue weighted by Crippen LogP contribution is 2.43. The fraction of sp³-hybridized carbons (Fsp3) is 0.182. The summed E-state index contributed by atoms with van der Waals surface area (Å²) in [7, 11) is 0. The first-order chi connectivity index (χ1) is 13.8. The Morgan fingerprint density at radius 2 is 1.68 bits per heavy atom. The third-order valence-electron chi connectivity index (χ3n) is 4.87. The molecule has 1 aliphatic rings. The molecule has 0 bridgehead atoms. The predicted octanol–water partition coefficient (Wildman–Crippen LogP) is 4.65. The van der Waals surface area contributed by atoms with Crippen LogP contribution in [-0.4, -0.2) is 27.8 Å². The number of nitrogens with two attached hydrogens (primary N) is 1. The van der Waals surface area contributed by atoms with Crippen molar-refractivity contribution in [3.05, 3.63) is 72.7 Å². The first-order valence-corrected chi connectivity index (χ1v) is 10.2. The van der Waals surface area contributed by atoms with Gasteiger partial charge in [-0.05, 0) is 5.56 Å². The molecule has 0 radical (unpaired) electrons. The van der Waals surface area contributed by atoms with Gasteiger partial charge in [0.1, 0.15) is 17.5 Å². The largest absolute Gasteiger partial charge is 0.437 e. The molecule has 2 N–H and O–H groups in total. The summed E-state index contributed by atoms with van der Waals surface area (Å²) in [6.07, 6.45) is 1.52. The van der Waals surface area contributed by atoms with E-state index in [0.29, 0.717) is 12.3 Å². The van der Waals surface area contributed by atoms with Crippen molar-refractivity contribution in [1.82, 2.24) is 9.97 Å². The Labute approximate surface area is 166 Å². The maximum Gasteiger partial charge on any atom is 0.230 e. The van der Waals surface area contributed by atoms with Crippen LogP contribution in [0.3, 0.4) is 0 Å². The van der Waals surface area contributed by atoms with Crippen molar-refractivity contribution in [3.63, 3.8) is 0 Å². The normalized spacial score (nSPS) is 17.8. The van der Waals surface area contributed by atoms with Gasteiger partial charge in [0.05, 0.1) is 23.7 Å². The lowest BCUT2D eigenvalue weighted by atomic mass is 9.97. The zero-order valence-electron chi connectivity index (χ0n) is 15.1. The highest BCUT2D eigenvalue weighted by Gasteiger charge is 2.30. The van der Waals surface area contributed by atoms with E-state index in [1.54, 1.807) is 11.8 Å². The van der Waals surface area contributed by atoms with Gasteiger partial charge in [0.15, 0.2) is 0 Å². The molecule has 0 amide bonds. The molecule has 5 nitrogen and oxygen atoms in total. The van der Waals surface area contributed by atoms with Crippen LogP contribution in [0.15, 0.2) is 71.4 Å². The highest BCUT2D eigenvalue weighted by molar-refractivity contribution is 8.00. The fourth-order valence-electron chi connectivity index (χ4n) is 3.59. The van der Waals surface area contributed by atoms with Gasteiger partial charge in [-0.1, -0.05) is 60.7 Å². The number of hydrogen-bond donors (Lipinski definition) is 1. The molecule has 5 rings (SSSR count). The molecule has 2 atom stereocenters. The van der Waals surface area contributed by atoms with Crippen LogP contribution in [-0.2, 0) is 4.74 Å². The molecule has 1 aliphatic heterocycles. The molecular formula is C22H19N3O2S. The van der Waals surface area contributed by atoms with Crippen molar-refractivity contribution in [1.29, 1.82) is 0 Å². The topological polar surface area (TPSA) is 74.2 Å². The number of hydrogen-bond acceptors (Lipinski definition) is 6. The van der Waals surface area contributed by atoms with E-state index in [4.69, 9.17) is 14.9 Å². The molecule has 4 aromatic rings. The molecule has 1 saturated heterocycles. The Morgan fingerprint density at radius 3 is 2.36 bits per heavy atom. The summed E-state index contributed by atoms with van der Waals surface area (Å²) in [6.45, 7) is 0.712. The van der Waals surface area contributed by atoms with Gasteiger partial charge in [0.2, 0.25) is 5.71 Å². The first kappa shape index (κ1) is 17.4. The number of fused-ring (bicyclic) bond motifs is 1. The second-order valence-corrected chi connectivity index (χ2v) is 7.82. The molecule has 0 saturated carbocycles. The zero-order valence-corrected chi connectivity index (χ0v) is 15.9. The van der Waals surface area contributed by atoms with Crippen molar-refractivity contribution < 1.29 is 9.15 Å². The van der Waals surface area contributed by atoms with Gasteiger partial charge >= 0.3 is 0 Å². The highest BCUT2D eigenvalue weighted by atomic mass is 32.2. The minimum Gasteiger partial charge on any atom is -0.437 e. The number of aromatic nitrogens is 2. The molecule has 1 fully saturated rings. The summed E-state index contributed by atoms with van der Waals surface area (Å²) in [6, 6.07) is 19.9. The standard InChI is InChI=1S/C22H19N3O2S/c23-18(22-26-11-12-28-22)19-17-16(14-7-3-1-4-8-14)20(15-9-5-2-6-10-15)27-21(17)25-13-24-19/h1-10,13,18,22H,11-12,23H2. The average Bonchev–Trinajstić information content (AvgIpc) is 3.42. The van der Waals surface area contributed by atoms with E-state index >= 15 is 0 Å². The quantitative estimate of drug-likeness (QED) is 0.548. The Kier molecular flexibility index (Phi) is 4.60. The third kappa shape index (κ3) is 2.99. The van der Waals surface area contributed by atoms with Crippen molar-refractivity contribution >= 4 is 22.9 Å². The van der Waals surface area contributed by atoms with E-state index in [0.717, 1.165) is 39.3 Å². The molecule has 2 aromatic carbocycles. The number of nitrogens with zero attached hydrogens (tertiary/aromatic N) is 2. The lowest BCUT2D eigenvalue weighted by Gasteiger charge is -2.18. The lowest BCUT2D eigenvalue weighted by Crippen LogP contribution is -2.24. The second-order valence-electron chi connectivity index (χ2n) is 6.61. The molecular weight excluding hydrogens is 370 g/mol. The SMILES string of the molecule is NC(c1ncnc2oc(-c3ccccc3)c(-c3ccccc3)c12)C1OCCS1. The smallest absolute Gasteiger partial charge is 0.230 e. The van der Waals surface area contributed by atoms with Crippen LogP contribution in [0.25, 0.3) is 33.6 Å². The lowest BCUT2D eigenvalue weighted by molar-refractivity contribution is 0.124. The van der Waals surface area contributed by atoms with Crippen LogP contribution < -0.4 is 5.73 Å². The minimum absolute atomic E-state index is 0.114. The molecule has 3 heterocycles. The van der Waals surface area contributed by atoms with Gasteiger partial charge in [-0.3, -0.25) is 0 Å². The van der Waals surface area contributed by atoms with Crippen LogP contribution in [0.5, 0.6) is 0 Å². The summed E-state index contributed by atoms with van der Waals surface area (Å²) in [5.41, 5.74) is 10.8. The van der Waals surface area contributed by atoms with Crippen molar-refractivity contribution in [2.45, 2.75) is 11.5 Å². The van der Waals surface area contributed by atoms with Gasteiger partial charge in [-0.15, -0.1) is 11.8 Å². The van der Waals surface area contributed by atoms with Crippen LogP contribution >= 0.6 is 11.8 Å². The van der Waals surface area contributed by atoms with Gasteiger partial charge in [-0.25, -0.2) is 9.97 Å². The summed E-state index contributed by atoms with van der Waals surface area (Å²) in [5, 5.41) is 0.858. The van der Waals surface area contributed by atoms with Crippen LogP contribution in [0.1, 0.15) is 11.7 Å². The van der Waals surface area contributed by atoms with Crippen LogP contribution in [0, 0.1) is 0 Å². The molecule has 2 aromatic heterocycles. The van der Waals surface area contributed by atoms with E-state index in [9.17, 15) is 0 Å². The Morgan fingerprint density at radius 1 is 0.964 bits per heavy atom. The molecule has 0 spiro atoms. The van der Waals surface area contributed by atoms with Crippen molar-refractivity contribution in [3.8, 4) is 22.5 Å². The van der Waals surface area contributed by atoms with Gasteiger partial charge in [0, 0.05) is 16.9 Å². The minimum atomic E-state index is -0.360. The third-order valence-corrected chi connectivity index (χ3v) is 6.03. The molecule has 28 heavy (non-hydrogen) atoms. The second kappa shape index (κ2) is 7.39. The predicted molar refractivity (Wildman–Crippen MR) is 112 cm³/mol. The van der Waals surface area contributed by atoms with E-state index < -0.39 is 0 Å². The van der Waals surface area contributed by atoms with E-state index in [2.05, 4.69) is 22.1 Å². The van der Waals surface area contributed by atoms with Gasteiger partial charge in [0.25, 0.3) is 0 Å². The van der Waals surface area contributed by atoms with E-state index in [1.165, 1.54) is 6.33 Å². The molecule has 6 heteroatoms. The number of ether oxygens (including phenoxy) is 1. The van der Waals surface area contributed by atoms with Gasteiger partial charge in [-0.2, -0.15) is 0 Å². The van der Waals surface area contributed by atoms with E-state index in [1.807, 2.05) is 48.5 Å². The maximum atomic E-state index is 6.58. The number of rotatable bonds is 4. The monoisotopic (exact) mass is 389 g/mol. The van der Waals surface area contributed by atoms with Crippen molar-refractivity contribution in [2.75, 3.05) is 12.4 Å². The maximum absolute atomic E-state index is 6.58. The average molecular weight is 389 g/mol. The molecule has 2 unspecified atom stereocenters. The van der Waals surface area contributed by atoms with Gasteiger partial charge < -0.3 is 14.9 Å². The molecule has 140 valence electrons. The van der Waals surface area contributed by atoms with E-state index in [-0.39, 0.29) is 11.5 Å². The first-order valence-electron chi connectivity index (χ1n) is 9.20. The number of furan rings is 1. The number of thioether (sulfide) groups is 1. The van der Waals surface area contributed by atoms with Crippen LogP contribution in [0.4, 0.5) is 0 Å². The van der Waals surface area contributed by atoms with Crippen LogP contribution in [0.2, 0.25) is 0 Å². The Balaban J connectivity index is 1.78. The number of benzene rings is 2. The summed E-state index contributed by atoms with van der Waals surface area (Å²) in [5.74, 6) is 1.72. The molecule has 0 aliphatic carbocycles.